The zero-order valence-electron chi connectivity index (χ0n) is 8.32. The van der Waals surface area contributed by atoms with E-state index in [1.54, 1.807) is 0 Å². The molecular formula is C9H20Cl2N2O. The minimum Gasteiger partial charge on any atom is -0.392 e. The molecule has 0 radical (unpaired) electrons. The minimum absolute atomic E-state index is 0. The predicted octanol–water partition coefficient (Wildman–Crippen LogP) is 0.649. The number of aliphatic hydroxyl groups excluding tert-OH is 1. The van der Waals surface area contributed by atoms with Crippen LogP contribution in [0, 0.1) is 0 Å². The van der Waals surface area contributed by atoms with Crippen molar-refractivity contribution < 1.29 is 5.11 Å². The van der Waals surface area contributed by atoms with E-state index in [9.17, 15) is 5.11 Å². The van der Waals surface area contributed by atoms with Crippen molar-refractivity contribution in [1.82, 2.24) is 10.2 Å². The van der Waals surface area contributed by atoms with Crippen LogP contribution in [0.15, 0.2) is 0 Å². The van der Waals surface area contributed by atoms with E-state index in [-0.39, 0.29) is 30.9 Å². The van der Waals surface area contributed by atoms with E-state index < -0.39 is 0 Å². The maximum absolute atomic E-state index is 9.37. The molecule has 14 heavy (non-hydrogen) atoms. The van der Waals surface area contributed by atoms with Gasteiger partial charge in [0.1, 0.15) is 0 Å². The zero-order valence-corrected chi connectivity index (χ0v) is 9.95. The van der Waals surface area contributed by atoms with Gasteiger partial charge >= 0.3 is 0 Å². The quantitative estimate of drug-likeness (QED) is 0.709. The number of halogens is 2. The topological polar surface area (TPSA) is 35.5 Å². The average molecular weight is 243 g/mol. The normalized spacial score (nSPS) is 33.2. The average Bonchev–Trinajstić information content (AvgIpc) is 2.54. The van der Waals surface area contributed by atoms with Gasteiger partial charge in [-0.05, 0) is 25.8 Å². The van der Waals surface area contributed by atoms with Crippen LogP contribution in [0.5, 0.6) is 0 Å². The van der Waals surface area contributed by atoms with Gasteiger partial charge in [-0.25, -0.2) is 0 Å². The molecule has 5 heteroatoms. The minimum atomic E-state index is -0.0630. The van der Waals surface area contributed by atoms with E-state index in [4.69, 9.17) is 0 Å². The molecule has 2 N–H and O–H groups in total. The molecule has 0 spiro atoms. The van der Waals surface area contributed by atoms with Crippen molar-refractivity contribution in [2.24, 2.45) is 0 Å². The number of hydrogen-bond acceptors (Lipinski definition) is 3. The Kier molecular flexibility index (Phi) is 7.08. The number of likely N-dealkylation sites (tertiary alicyclic amines) is 1. The summed E-state index contributed by atoms with van der Waals surface area (Å²) in [6.07, 6.45) is 3.50. The van der Waals surface area contributed by atoms with Crippen molar-refractivity contribution in [2.45, 2.75) is 31.4 Å². The molecule has 86 valence electrons. The zero-order chi connectivity index (χ0) is 8.39. The van der Waals surface area contributed by atoms with Crippen molar-refractivity contribution in [1.29, 1.82) is 0 Å². The van der Waals surface area contributed by atoms with Crippen molar-refractivity contribution in [3.63, 3.8) is 0 Å². The number of β-amino-alcohol motifs (C(OH)–C–C–N with tert-alkyl or cyclic N) is 1. The largest absolute Gasteiger partial charge is 0.392 e. The van der Waals surface area contributed by atoms with Gasteiger partial charge in [-0.2, -0.15) is 0 Å². The Labute approximate surface area is 98.1 Å². The van der Waals surface area contributed by atoms with E-state index in [1.807, 2.05) is 0 Å². The number of hydrogen-bond donors (Lipinski definition) is 2. The first kappa shape index (κ1) is 14.5. The van der Waals surface area contributed by atoms with Crippen molar-refractivity contribution in [3.05, 3.63) is 0 Å². The van der Waals surface area contributed by atoms with Gasteiger partial charge in [-0.15, -0.1) is 24.8 Å². The van der Waals surface area contributed by atoms with Crippen LogP contribution < -0.4 is 5.32 Å². The Morgan fingerprint density at radius 1 is 1.21 bits per heavy atom. The number of piperidine rings is 1. The van der Waals surface area contributed by atoms with Crippen molar-refractivity contribution >= 4 is 24.8 Å². The molecule has 0 aromatic carbocycles. The molecule has 2 unspecified atom stereocenters. The highest BCUT2D eigenvalue weighted by molar-refractivity contribution is 5.85. The van der Waals surface area contributed by atoms with Gasteiger partial charge in [0.15, 0.2) is 0 Å². The molecule has 0 aromatic heterocycles. The van der Waals surface area contributed by atoms with Gasteiger partial charge in [0, 0.05) is 25.7 Å². The fraction of sp³-hybridized carbons (Fsp3) is 1.00. The molecule has 0 amide bonds. The summed E-state index contributed by atoms with van der Waals surface area (Å²) in [5.41, 5.74) is 0. The molecule has 0 aliphatic carbocycles. The van der Waals surface area contributed by atoms with Gasteiger partial charge in [-0.3, -0.25) is 4.90 Å². The fourth-order valence-corrected chi connectivity index (χ4v) is 2.24. The maximum atomic E-state index is 9.37. The van der Waals surface area contributed by atoms with Crippen LogP contribution in [0.25, 0.3) is 0 Å². The first-order chi connectivity index (χ1) is 5.86. The second kappa shape index (κ2) is 6.85. The van der Waals surface area contributed by atoms with Crippen LogP contribution in [0.1, 0.15) is 19.3 Å². The van der Waals surface area contributed by atoms with Gasteiger partial charge in [0.25, 0.3) is 0 Å². The van der Waals surface area contributed by atoms with E-state index in [0.29, 0.717) is 6.04 Å². The van der Waals surface area contributed by atoms with E-state index in [2.05, 4.69) is 10.2 Å². The molecule has 2 fully saturated rings. The second-order valence-corrected chi connectivity index (χ2v) is 3.94. The highest BCUT2D eigenvalue weighted by Crippen LogP contribution is 2.16. The lowest BCUT2D eigenvalue weighted by Crippen LogP contribution is -2.45. The van der Waals surface area contributed by atoms with Crippen LogP contribution >= 0.6 is 24.8 Å². The molecule has 3 nitrogen and oxygen atoms in total. The number of nitrogens with one attached hydrogen (secondary N) is 1. The maximum Gasteiger partial charge on any atom is 0.0679 e. The van der Waals surface area contributed by atoms with E-state index in [0.717, 1.165) is 26.1 Å². The summed E-state index contributed by atoms with van der Waals surface area (Å²) in [7, 11) is 0. The van der Waals surface area contributed by atoms with Crippen LogP contribution in [0.3, 0.4) is 0 Å². The highest BCUT2D eigenvalue weighted by atomic mass is 35.5. The Morgan fingerprint density at radius 3 is 2.50 bits per heavy atom. The van der Waals surface area contributed by atoms with Crippen molar-refractivity contribution in [2.75, 3.05) is 26.2 Å². The third kappa shape index (κ3) is 3.55. The summed E-state index contributed by atoms with van der Waals surface area (Å²) in [6, 6.07) is 0.691. The number of rotatable bonds is 1. The predicted molar refractivity (Wildman–Crippen MR) is 62.6 cm³/mol. The van der Waals surface area contributed by atoms with Gasteiger partial charge in [0.2, 0.25) is 0 Å². The lowest BCUT2D eigenvalue weighted by atomic mass is 10.1. The summed E-state index contributed by atoms with van der Waals surface area (Å²) in [4.78, 5) is 2.43. The standard InChI is InChI=1S/C9H18N2O.2ClH/c12-9-3-5-11(7-9)8-2-1-4-10-6-8;;/h8-10,12H,1-7H2;2*1H. The Balaban J connectivity index is 0.000000845. The lowest BCUT2D eigenvalue weighted by Gasteiger charge is -2.31. The third-order valence-electron chi connectivity index (χ3n) is 2.98. The molecule has 0 bridgehead atoms. The Hall–Kier alpha value is 0.460. The first-order valence-electron chi connectivity index (χ1n) is 4.99. The summed E-state index contributed by atoms with van der Waals surface area (Å²) in [6.45, 7) is 4.28. The summed E-state index contributed by atoms with van der Waals surface area (Å²) in [5, 5.41) is 12.8. The second-order valence-electron chi connectivity index (χ2n) is 3.94. The van der Waals surface area contributed by atoms with Crippen LogP contribution in [-0.2, 0) is 0 Å². The molecule has 2 aliphatic rings. The molecular weight excluding hydrogens is 223 g/mol. The Bertz CT molecular complexity index is 151. The first-order valence-corrected chi connectivity index (χ1v) is 4.99. The van der Waals surface area contributed by atoms with Crippen molar-refractivity contribution in [3.8, 4) is 0 Å². The molecule has 2 atom stereocenters. The fourth-order valence-electron chi connectivity index (χ4n) is 2.24. The highest BCUT2D eigenvalue weighted by Gasteiger charge is 2.27. The molecule has 0 aromatic rings. The molecule has 2 rings (SSSR count). The van der Waals surface area contributed by atoms with E-state index >= 15 is 0 Å². The van der Waals surface area contributed by atoms with E-state index in [1.165, 1.54) is 19.4 Å². The van der Waals surface area contributed by atoms with Gasteiger partial charge < -0.3 is 10.4 Å². The number of nitrogens with zero attached hydrogens (tertiary/aromatic N) is 1. The molecule has 0 saturated carbocycles. The lowest BCUT2D eigenvalue weighted by molar-refractivity contribution is 0.147. The third-order valence-corrected chi connectivity index (χ3v) is 2.98. The Morgan fingerprint density at radius 2 is 2.00 bits per heavy atom. The monoisotopic (exact) mass is 242 g/mol. The molecule has 2 aliphatic heterocycles. The molecule has 2 heterocycles. The molecule has 2 saturated heterocycles. The smallest absolute Gasteiger partial charge is 0.0679 e. The summed E-state index contributed by atoms with van der Waals surface area (Å²) < 4.78 is 0. The van der Waals surface area contributed by atoms with Crippen LogP contribution in [0.2, 0.25) is 0 Å². The van der Waals surface area contributed by atoms with Gasteiger partial charge in [0.05, 0.1) is 6.10 Å². The van der Waals surface area contributed by atoms with Crippen LogP contribution in [0.4, 0.5) is 0 Å². The van der Waals surface area contributed by atoms with Gasteiger partial charge in [-0.1, -0.05) is 0 Å². The number of aliphatic hydroxyl groups is 1. The van der Waals surface area contributed by atoms with Crippen LogP contribution in [-0.4, -0.2) is 48.3 Å². The SMILES string of the molecule is Cl.Cl.OC1CCN(C2CCCNC2)C1. The summed E-state index contributed by atoms with van der Waals surface area (Å²) >= 11 is 0. The summed E-state index contributed by atoms with van der Waals surface area (Å²) in [5.74, 6) is 0.